The lowest BCUT2D eigenvalue weighted by molar-refractivity contribution is 0.102. The Bertz CT molecular complexity index is 1180. The molecule has 160 valence electrons. The molecule has 0 aliphatic rings. The minimum Gasteiger partial charge on any atom is -0.322 e. The minimum atomic E-state index is -3.72. The van der Waals surface area contributed by atoms with Gasteiger partial charge in [-0.3, -0.25) is 4.79 Å². The lowest BCUT2D eigenvalue weighted by Crippen LogP contribution is -2.30. The molecular weight excluding hydrogens is 422 g/mol. The lowest BCUT2D eigenvalue weighted by atomic mass is 10.1. The van der Waals surface area contributed by atoms with Gasteiger partial charge in [-0.25, -0.2) is 17.2 Å². The van der Waals surface area contributed by atoms with Crippen LogP contribution in [0.2, 0.25) is 0 Å². The van der Waals surface area contributed by atoms with E-state index in [9.17, 15) is 22.0 Å². The van der Waals surface area contributed by atoms with Crippen LogP contribution in [0.25, 0.3) is 0 Å². The number of hydrogen-bond donors (Lipinski definition) is 1. The average Bonchev–Trinajstić information content (AvgIpc) is 2.77. The van der Waals surface area contributed by atoms with Crippen molar-refractivity contribution in [2.24, 2.45) is 0 Å². The van der Waals surface area contributed by atoms with E-state index in [2.05, 4.69) is 11.9 Å². The normalized spacial score (nSPS) is 11.3. The molecule has 0 aliphatic heterocycles. The zero-order valence-electron chi connectivity index (χ0n) is 16.5. The van der Waals surface area contributed by atoms with E-state index < -0.39 is 27.6 Å². The molecule has 0 heterocycles. The van der Waals surface area contributed by atoms with Gasteiger partial charge < -0.3 is 5.32 Å². The summed E-state index contributed by atoms with van der Waals surface area (Å²) in [5, 5.41) is 2.49. The summed E-state index contributed by atoms with van der Waals surface area (Å²) in [4.78, 5) is 12.5. The first-order chi connectivity index (χ1) is 14.8. The monoisotopic (exact) mass is 442 g/mol. The largest absolute Gasteiger partial charge is 0.322 e. The Kier molecular flexibility index (Phi) is 6.94. The van der Waals surface area contributed by atoms with Crippen LogP contribution in [0.15, 0.2) is 90.3 Å². The molecule has 0 atom stereocenters. The fraction of sp³-hybridized carbons (Fsp3) is 0.0870. The molecule has 0 aromatic heterocycles. The van der Waals surface area contributed by atoms with Crippen LogP contribution in [-0.4, -0.2) is 25.2 Å². The summed E-state index contributed by atoms with van der Waals surface area (Å²) in [6, 6.07) is 17.5. The lowest BCUT2D eigenvalue weighted by Gasteiger charge is -2.21. The van der Waals surface area contributed by atoms with E-state index in [0.717, 1.165) is 12.1 Å². The van der Waals surface area contributed by atoms with E-state index in [1.54, 1.807) is 30.3 Å². The van der Waals surface area contributed by atoms with Crippen LogP contribution in [0.1, 0.15) is 15.9 Å². The summed E-state index contributed by atoms with van der Waals surface area (Å²) in [6.07, 6.45) is 1.50. The van der Waals surface area contributed by atoms with Gasteiger partial charge in [-0.2, -0.15) is 4.31 Å². The molecule has 0 saturated carbocycles. The van der Waals surface area contributed by atoms with Crippen molar-refractivity contribution in [1.29, 1.82) is 0 Å². The topological polar surface area (TPSA) is 66.5 Å². The smallest absolute Gasteiger partial charge is 0.255 e. The number of carbonyl (C=O) groups excluding carboxylic acids is 1. The second kappa shape index (κ2) is 9.63. The predicted molar refractivity (Wildman–Crippen MR) is 115 cm³/mol. The highest BCUT2D eigenvalue weighted by atomic mass is 32.2. The Hall–Kier alpha value is -3.36. The standard InChI is InChI=1S/C23H20F2N2O3S/c1-2-14-27(31(29,30)20-6-4-3-5-7-20)16-17-8-10-18(11-9-17)23(28)26-19-12-13-21(24)22(25)15-19/h2-13,15H,1,14,16H2,(H,26,28). The maximum atomic E-state index is 13.3. The third-order valence-electron chi connectivity index (χ3n) is 4.47. The van der Waals surface area contributed by atoms with Gasteiger partial charge >= 0.3 is 0 Å². The zero-order valence-corrected chi connectivity index (χ0v) is 17.3. The van der Waals surface area contributed by atoms with Crippen LogP contribution in [-0.2, 0) is 16.6 Å². The van der Waals surface area contributed by atoms with E-state index in [4.69, 9.17) is 0 Å². The summed E-state index contributed by atoms with van der Waals surface area (Å²) < 4.78 is 53.4. The van der Waals surface area contributed by atoms with Crippen LogP contribution in [0.5, 0.6) is 0 Å². The summed E-state index contributed by atoms with van der Waals surface area (Å²) in [5.41, 5.74) is 1.08. The van der Waals surface area contributed by atoms with E-state index in [0.29, 0.717) is 5.56 Å². The van der Waals surface area contributed by atoms with Gasteiger partial charge in [-0.15, -0.1) is 6.58 Å². The summed E-state index contributed by atoms with van der Waals surface area (Å²) in [6.45, 7) is 3.84. The molecule has 0 spiro atoms. The van der Waals surface area contributed by atoms with E-state index in [1.807, 2.05) is 0 Å². The van der Waals surface area contributed by atoms with Crippen molar-refractivity contribution in [3.63, 3.8) is 0 Å². The highest BCUT2D eigenvalue weighted by Crippen LogP contribution is 2.19. The number of nitrogens with one attached hydrogen (secondary N) is 1. The highest BCUT2D eigenvalue weighted by molar-refractivity contribution is 7.89. The fourth-order valence-corrected chi connectivity index (χ4v) is 4.30. The van der Waals surface area contributed by atoms with Crippen LogP contribution in [0, 0.1) is 11.6 Å². The Morgan fingerprint density at radius 2 is 1.65 bits per heavy atom. The number of sulfonamides is 1. The number of rotatable bonds is 8. The molecule has 0 saturated heterocycles. The van der Waals surface area contributed by atoms with Crippen molar-refractivity contribution in [2.45, 2.75) is 11.4 Å². The molecule has 3 rings (SSSR count). The van der Waals surface area contributed by atoms with Gasteiger partial charge in [0.25, 0.3) is 5.91 Å². The van der Waals surface area contributed by atoms with Crippen molar-refractivity contribution in [2.75, 3.05) is 11.9 Å². The van der Waals surface area contributed by atoms with Gasteiger partial charge in [-0.05, 0) is 42.0 Å². The number of carbonyl (C=O) groups is 1. The zero-order chi connectivity index (χ0) is 22.4. The molecule has 8 heteroatoms. The molecule has 31 heavy (non-hydrogen) atoms. The van der Waals surface area contributed by atoms with Crippen LogP contribution < -0.4 is 5.32 Å². The molecular formula is C23H20F2N2O3S. The van der Waals surface area contributed by atoms with Gasteiger partial charge in [0.15, 0.2) is 11.6 Å². The van der Waals surface area contributed by atoms with Crippen LogP contribution in [0.4, 0.5) is 14.5 Å². The minimum absolute atomic E-state index is 0.0916. The number of benzene rings is 3. The van der Waals surface area contributed by atoms with Crippen molar-refractivity contribution in [3.8, 4) is 0 Å². The molecule has 3 aromatic carbocycles. The summed E-state index contributed by atoms with van der Waals surface area (Å²) in [7, 11) is -3.72. The first kappa shape index (κ1) is 22.3. The number of amides is 1. The van der Waals surface area contributed by atoms with Gasteiger partial charge in [0.1, 0.15) is 0 Å². The summed E-state index contributed by atoms with van der Waals surface area (Å²) >= 11 is 0. The van der Waals surface area contributed by atoms with Gasteiger partial charge in [0.2, 0.25) is 10.0 Å². The van der Waals surface area contributed by atoms with Crippen LogP contribution >= 0.6 is 0 Å². The average molecular weight is 442 g/mol. The Morgan fingerprint density at radius 3 is 2.26 bits per heavy atom. The van der Waals surface area contributed by atoms with Crippen molar-refractivity contribution < 1.29 is 22.0 Å². The Labute approximate surface area is 179 Å². The van der Waals surface area contributed by atoms with Crippen molar-refractivity contribution in [3.05, 3.63) is 108 Å². The molecule has 0 bridgehead atoms. The SMILES string of the molecule is C=CCN(Cc1ccc(C(=O)Nc2ccc(F)c(F)c2)cc1)S(=O)(=O)c1ccccc1. The van der Waals surface area contributed by atoms with Crippen molar-refractivity contribution >= 4 is 21.6 Å². The first-order valence-electron chi connectivity index (χ1n) is 9.32. The summed E-state index contributed by atoms with van der Waals surface area (Å²) in [5.74, 6) is -2.57. The van der Waals surface area contributed by atoms with Crippen molar-refractivity contribution in [1.82, 2.24) is 4.31 Å². The van der Waals surface area contributed by atoms with Gasteiger partial charge in [0, 0.05) is 30.4 Å². The highest BCUT2D eigenvalue weighted by Gasteiger charge is 2.23. The van der Waals surface area contributed by atoms with Crippen LogP contribution in [0.3, 0.4) is 0 Å². The molecule has 1 N–H and O–H groups in total. The maximum absolute atomic E-state index is 13.3. The maximum Gasteiger partial charge on any atom is 0.255 e. The second-order valence-electron chi connectivity index (χ2n) is 6.68. The molecule has 0 radical (unpaired) electrons. The molecule has 1 amide bonds. The van der Waals surface area contributed by atoms with Gasteiger partial charge in [0.05, 0.1) is 4.90 Å². The Balaban J connectivity index is 1.74. The first-order valence-corrected chi connectivity index (χ1v) is 10.8. The third kappa shape index (κ3) is 5.42. The molecule has 5 nitrogen and oxygen atoms in total. The van der Waals surface area contributed by atoms with E-state index >= 15 is 0 Å². The molecule has 0 fully saturated rings. The van der Waals surface area contributed by atoms with E-state index in [-0.39, 0.29) is 29.2 Å². The number of nitrogens with zero attached hydrogens (tertiary/aromatic N) is 1. The number of halogens is 2. The molecule has 0 unspecified atom stereocenters. The Morgan fingerprint density at radius 1 is 0.968 bits per heavy atom. The quantitative estimate of drug-likeness (QED) is 0.519. The predicted octanol–water partition coefficient (Wildman–Crippen LogP) is 4.59. The van der Waals surface area contributed by atoms with Gasteiger partial charge in [-0.1, -0.05) is 36.4 Å². The molecule has 3 aromatic rings. The number of hydrogen-bond acceptors (Lipinski definition) is 3. The second-order valence-corrected chi connectivity index (χ2v) is 8.62. The van der Waals surface area contributed by atoms with E-state index in [1.165, 1.54) is 40.7 Å². The number of anilines is 1. The molecule has 0 aliphatic carbocycles. The fourth-order valence-electron chi connectivity index (χ4n) is 2.88. The third-order valence-corrected chi connectivity index (χ3v) is 6.29.